The van der Waals surface area contributed by atoms with E-state index in [0.29, 0.717) is 0 Å². The smallest absolute Gasteiger partial charge is 0.0165 e. The fraction of sp³-hybridized carbons (Fsp3) is 0.111. The molecule has 0 atom stereocenters. The van der Waals surface area contributed by atoms with Gasteiger partial charge in [-0.25, -0.2) is 0 Å². The van der Waals surface area contributed by atoms with Crippen LogP contribution in [0.25, 0.3) is 54.9 Å². The van der Waals surface area contributed by atoms with Gasteiger partial charge in [-0.05, 0) is 103 Å². The van der Waals surface area contributed by atoms with Crippen LogP contribution in [-0.4, -0.2) is 0 Å². The molecule has 0 nitrogen and oxygen atoms in total. The molecular weight excluding hydrogens is 540 g/mol. The lowest BCUT2D eigenvalue weighted by Gasteiger charge is -2.26. The number of hydrogen-bond donors (Lipinski definition) is 0. The van der Waals surface area contributed by atoms with E-state index < -0.39 is 0 Å². The van der Waals surface area contributed by atoms with Gasteiger partial charge in [0.1, 0.15) is 0 Å². The van der Waals surface area contributed by atoms with E-state index in [4.69, 9.17) is 0 Å². The van der Waals surface area contributed by atoms with Gasteiger partial charge in [-0.3, -0.25) is 0 Å². The highest BCUT2D eigenvalue weighted by molar-refractivity contribution is 6.09. The normalized spacial score (nSPS) is 13.9. The molecular formula is C45H36. The van der Waals surface area contributed by atoms with E-state index in [2.05, 4.69) is 173 Å². The molecule has 45 heavy (non-hydrogen) atoms. The third-order valence-corrected chi connectivity index (χ3v) is 9.81. The lowest BCUT2D eigenvalue weighted by Crippen LogP contribution is -2.16. The van der Waals surface area contributed by atoms with Gasteiger partial charge < -0.3 is 0 Å². The summed E-state index contributed by atoms with van der Waals surface area (Å²) in [6.07, 6.45) is 0. The molecule has 0 amide bonds. The Balaban J connectivity index is 1.29. The van der Waals surface area contributed by atoms with Gasteiger partial charge in [0, 0.05) is 5.41 Å². The number of hydrogen-bond acceptors (Lipinski definition) is 0. The minimum Gasteiger partial charge on any atom is -0.0616 e. The first-order valence-corrected chi connectivity index (χ1v) is 15.9. The van der Waals surface area contributed by atoms with Gasteiger partial charge in [0.05, 0.1) is 0 Å². The number of benzene rings is 7. The molecule has 0 N–H and O–H groups in total. The maximum absolute atomic E-state index is 2.46. The van der Waals surface area contributed by atoms with E-state index in [1.165, 1.54) is 88.3 Å². The molecule has 0 heterocycles. The van der Waals surface area contributed by atoms with Gasteiger partial charge >= 0.3 is 0 Å². The minimum atomic E-state index is -0.165. The first-order valence-electron chi connectivity index (χ1n) is 15.9. The Labute approximate surface area is 266 Å². The summed E-state index contributed by atoms with van der Waals surface area (Å²) in [6.45, 7) is 9.11. The largest absolute Gasteiger partial charge is 0.0616 e. The van der Waals surface area contributed by atoms with Crippen LogP contribution in [0, 0.1) is 13.8 Å². The second-order valence-corrected chi connectivity index (χ2v) is 13.1. The first kappa shape index (κ1) is 27.4. The molecule has 7 aromatic rings. The van der Waals surface area contributed by atoms with Crippen LogP contribution in [0.3, 0.4) is 0 Å². The van der Waals surface area contributed by atoms with Gasteiger partial charge in [0.2, 0.25) is 0 Å². The first-order chi connectivity index (χ1) is 21.9. The molecule has 0 spiro atoms. The molecule has 0 aromatic heterocycles. The molecule has 0 bridgehead atoms. The molecule has 1 aliphatic carbocycles. The molecule has 8 rings (SSSR count). The van der Waals surface area contributed by atoms with Crippen LogP contribution in [0.2, 0.25) is 0 Å². The van der Waals surface area contributed by atoms with Gasteiger partial charge in [0.25, 0.3) is 0 Å². The van der Waals surface area contributed by atoms with Crippen molar-refractivity contribution in [3.8, 4) is 22.3 Å². The van der Waals surface area contributed by atoms with E-state index in [9.17, 15) is 0 Å². The lowest BCUT2D eigenvalue weighted by atomic mass is 9.77. The van der Waals surface area contributed by atoms with E-state index in [1.807, 2.05) is 0 Å². The van der Waals surface area contributed by atoms with Crippen molar-refractivity contribution in [3.63, 3.8) is 0 Å². The van der Waals surface area contributed by atoms with Crippen molar-refractivity contribution < 1.29 is 0 Å². The van der Waals surface area contributed by atoms with E-state index in [0.717, 1.165) is 0 Å². The monoisotopic (exact) mass is 576 g/mol. The predicted octanol–water partition coefficient (Wildman–Crippen LogP) is 12.2. The highest BCUT2D eigenvalue weighted by atomic mass is 14.4. The summed E-state index contributed by atoms with van der Waals surface area (Å²) in [5.41, 5.74) is 15.5. The molecule has 0 radical (unpaired) electrons. The summed E-state index contributed by atoms with van der Waals surface area (Å²) in [5, 5.41) is 5.10. The molecule has 0 saturated carbocycles. The van der Waals surface area contributed by atoms with E-state index in [-0.39, 0.29) is 5.41 Å². The average molecular weight is 577 g/mol. The molecule has 0 saturated heterocycles. The fourth-order valence-electron chi connectivity index (χ4n) is 7.43. The van der Waals surface area contributed by atoms with Crippen LogP contribution in [0.5, 0.6) is 0 Å². The highest BCUT2D eigenvalue weighted by Crippen LogP contribution is 2.54. The summed E-state index contributed by atoms with van der Waals surface area (Å²) in [6, 6.07) is 54.2. The van der Waals surface area contributed by atoms with Crippen LogP contribution in [0.1, 0.15) is 47.2 Å². The molecule has 7 aromatic carbocycles. The third kappa shape index (κ3) is 4.52. The SMILES string of the molecule is Cc1ccc(C2=C(c3ccc(C)cc3)C(C)(C)c3cc(-c4ccc(-c5ccc6ccccc6c5)c5ccccc45)ccc32)cc1. The number of fused-ring (bicyclic) bond motifs is 3. The molecule has 0 heteroatoms. The van der Waals surface area contributed by atoms with Crippen LogP contribution in [0.15, 0.2) is 146 Å². The number of aryl methyl sites for hydroxylation is 2. The van der Waals surface area contributed by atoms with Crippen LogP contribution in [0.4, 0.5) is 0 Å². The quantitative estimate of drug-likeness (QED) is 0.195. The molecule has 0 aliphatic heterocycles. The zero-order chi connectivity index (χ0) is 30.7. The third-order valence-electron chi connectivity index (χ3n) is 9.81. The number of allylic oxidation sites excluding steroid dienone is 1. The van der Waals surface area contributed by atoms with Crippen molar-refractivity contribution >= 4 is 32.7 Å². The van der Waals surface area contributed by atoms with Gasteiger partial charge in [-0.2, -0.15) is 0 Å². The van der Waals surface area contributed by atoms with Crippen LogP contribution >= 0.6 is 0 Å². The Kier molecular flexibility index (Phi) is 6.36. The average Bonchev–Trinajstić information content (AvgIpc) is 3.30. The van der Waals surface area contributed by atoms with E-state index >= 15 is 0 Å². The summed E-state index contributed by atoms with van der Waals surface area (Å²) in [7, 11) is 0. The second kappa shape index (κ2) is 10.5. The Morgan fingerprint density at radius 1 is 0.400 bits per heavy atom. The lowest BCUT2D eigenvalue weighted by molar-refractivity contribution is 0.704. The molecule has 0 unspecified atom stereocenters. The van der Waals surface area contributed by atoms with Crippen LogP contribution < -0.4 is 0 Å². The second-order valence-electron chi connectivity index (χ2n) is 13.1. The number of rotatable bonds is 4. The topological polar surface area (TPSA) is 0 Å². The van der Waals surface area contributed by atoms with E-state index in [1.54, 1.807) is 0 Å². The van der Waals surface area contributed by atoms with Crippen molar-refractivity contribution in [2.75, 3.05) is 0 Å². The highest BCUT2D eigenvalue weighted by Gasteiger charge is 2.39. The molecule has 1 aliphatic rings. The molecule has 0 fully saturated rings. The predicted molar refractivity (Wildman–Crippen MR) is 194 cm³/mol. The maximum Gasteiger partial charge on any atom is 0.0165 e. The molecule has 216 valence electrons. The van der Waals surface area contributed by atoms with Gasteiger partial charge in [-0.1, -0.05) is 158 Å². The summed E-state index contributed by atoms with van der Waals surface area (Å²) >= 11 is 0. The fourth-order valence-corrected chi connectivity index (χ4v) is 7.43. The van der Waals surface area contributed by atoms with Crippen LogP contribution in [-0.2, 0) is 5.41 Å². The standard InChI is InChI=1S/C45H36/c1-29-13-17-32(18-14-29)43-41-24-23-36(28-42(41)45(3,4)44(43)33-19-15-30(2)16-20-33)38-26-25-37(39-11-7-8-12-40(38)39)35-22-21-31-9-5-6-10-34(31)27-35/h5-28H,1-4H3. The Bertz CT molecular complexity index is 2280. The van der Waals surface area contributed by atoms with Crippen molar-refractivity contribution in [3.05, 3.63) is 179 Å². The van der Waals surface area contributed by atoms with Gasteiger partial charge in [-0.15, -0.1) is 0 Å². The Morgan fingerprint density at radius 3 is 1.53 bits per heavy atom. The zero-order valence-corrected chi connectivity index (χ0v) is 26.4. The zero-order valence-electron chi connectivity index (χ0n) is 26.4. The summed E-state index contributed by atoms with van der Waals surface area (Å²) in [5.74, 6) is 0. The maximum atomic E-state index is 2.46. The van der Waals surface area contributed by atoms with Gasteiger partial charge in [0.15, 0.2) is 0 Å². The summed E-state index contributed by atoms with van der Waals surface area (Å²) < 4.78 is 0. The minimum absolute atomic E-state index is 0.165. The summed E-state index contributed by atoms with van der Waals surface area (Å²) in [4.78, 5) is 0. The van der Waals surface area contributed by atoms with Crippen molar-refractivity contribution in [1.82, 2.24) is 0 Å². The van der Waals surface area contributed by atoms with Crippen molar-refractivity contribution in [2.24, 2.45) is 0 Å². The van der Waals surface area contributed by atoms with Crippen molar-refractivity contribution in [2.45, 2.75) is 33.1 Å². The Hall–Kier alpha value is -5.20. The van der Waals surface area contributed by atoms with Crippen molar-refractivity contribution in [1.29, 1.82) is 0 Å². The Morgan fingerprint density at radius 2 is 0.889 bits per heavy atom.